The van der Waals surface area contributed by atoms with Crippen molar-refractivity contribution in [1.82, 2.24) is 5.32 Å². The Morgan fingerprint density at radius 3 is 2.43 bits per heavy atom. The summed E-state index contributed by atoms with van der Waals surface area (Å²) >= 11 is 3.69. The van der Waals surface area contributed by atoms with Crippen LogP contribution < -0.4 is 10.1 Å². The van der Waals surface area contributed by atoms with Gasteiger partial charge in [0.1, 0.15) is 5.75 Å². The van der Waals surface area contributed by atoms with Crippen LogP contribution in [0.15, 0.2) is 22.7 Å². The highest BCUT2D eigenvalue weighted by atomic mass is 79.9. The standard InChI is InChI=1S/C18H30BrNO/c1-6-18(7-2,13-20-12-14(3)4)11-15-10-16(21-5)8-9-17(15)19/h8-10,14,20H,6-7,11-13H2,1-5H3. The predicted octanol–water partition coefficient (Wildman–Crippen LogP) is 5.05. The Bertz CT molecular complexity index is 427. The Morgan fingerprint density at radius 2 is 1.90 bits per heavy atom. The van der Waals surface area contributed by atoms with Gasteiger partial charge in [0, 0.05) is 11.0 Å². The molecular formula is C18H30BrNO. The van der Waals surface area contributed by atoms with Gasteiger partial charge in [-0.3, -0.25) is 0 Å². The average Bonchev–Trinajstić information content (AvgIpc) is 2.48. The summed E-state index contributed by atoms with van der Waals surface area (Å²) in [5.74, 6) is 1.63. The van der Waals surface area contributed by atoms with E-state index in [2.05, 4.69) is 61.1 Å². The van der Waals surface area contributed by atoms with Crippen molar-refractivity contribution in [2.45, 2.75) is 47.0 Å². The third-order valence-electron chi connectivity index (χ3n) is 4.37. The zero-order chi connectivity index (χ0) is 15.9. The number of methoxy groups -OCH3 is 1. The highest BCUT2D eigenvalue weighted by molar-refractivity contribution is 9.10. The van der Waals surface area contributed by atoms with E-state index in [1.54, 1.807) is 7.11 Å². The van der Waals surface area contributed by atoms with Crippen molar-refractivity contribution in [3.63, 3.8) is 0 Å². The summed E-state index contributed by atoms with van der Waals surface area (Å²) in [6, 6.07) is 6.25. The van der Waals surface area contributed by atoms with Crippen molar-refractivity contribution in [3.05, 3.63) is 28.2 Å². The summed E-state index contributed by atoms with van der Waals surface area (Å²) in [5, 5.41) is 3.65. The second-order valence-electron chi connectivity index (χ2n) is 6.37. The molecule has 1 rings (SSSR count). The van der Waals surface area contributed by atoms with Gasteiger partial charge < -0.3 is 10.1 Å². The quantitative estimate of drug-likeness (QED) is 0.668. The third kappa shape index (κ3) is 5.63. The minimum absolute atomic E-state index is 0.309. The van der Waals surface area contributed by atoms with Crippen LogP contribution in [-0.2, 0) is 6.42 Å². The first-order valence-corrected chi connectivity index (χ1v) is 8.78. The number of nitrogens with one attached hydrogen (secondary N) is 1. The molecule has 0 aromatic heterocycles. The van der Waals surface area contributed by atoms with Crippen LogP contribution in [0.3, 0.4) is 0 Å². The molecule has 0 spiro atoms. The van der Waals surface area contributed by atoms with Crippen LogP contribution in [0.4, 0.5) is 0 Å². The molecule has 0 unspecified atom stereocenters. The number of ether oxygens (including phenoxy) is 1. The number of hydrogen-bond acceptors (Lipinski definition) is 2. The molecule has 2 nitrogen and oxygen atoms in total. The van der Waals surface area contributed by atoms with Gasteiger partial charge in [0.2, 0.25) is 0 Å². The van der Waals surface area contributed by atoms with Crippen molar-refractivity contribution in [1.29, 1.82) is 0 Å². The van der Waals surface area contributed by atoms with E-state index in [4.69, 9.17) is 4.74 Å². The highest BCUT2D eigenvalue weighted by Gasteiger charge is 2.27. The van der Waals surface area contributed by atoms with E-state index in [1.807, 2.05) is 6.07 Å². The summed E-state index contributed by atoms with van der Waals surface area (Å²) in [4.78, 5) is 0. The molecule has 21 heavy (non-hydrogen) atoms. The van der Waals surface area contributed by atoms with Crippen molar-refractivity contribution >= 4 is 15.9 Å². The molecule has 3 heteroatoms. The zero-order valence-corrected chi connectivity index (χ0v) is 15.7. The molecule has 0 saturated carbocycles. The molecular weight excluding hydrogens is 326 g/mol. The molecule has 0 aliphatic rings. The first-order valence-electron chi connectivity index (χ1n) is 7.99. The van der Waals surface area contributed by atoms with E-state index in [9.17, 15) is 0 Å². The summed E-state index contributed by atoms with van der Waals surface area (Å²) < 4.78 is 6.55. The van der Waals surface area contributed by atoms with Gasteiger partial charge in [-0.2, -0.15) is 0 Å². The van der Waals surface area contributed by atoms with E-state index in [0.717, 1.165) is 25.3 Å². The second-order valence-corrected chi connectivity index (χ2v) is 7.22. The molecule has 120 valence electrons. The summed E-state index contributed by atoms with van der Waals surface area (Å²) in [7, 11) is 1.73. The monoisotopic (exact) mass is 355 g/mol. The molecule has 0 bridgehead atoms. The molecule has 0 atom stereocenters. The number of halogens is 1. The first kappa shape index (κ1) is 18.5. The second kappa shape index (κ2) is 8.79. The van der Waals surface area contributed by atoms with Crippen LogP contribution in [0.2, 0.25) is 0 Å². The lowest BCUT2D eigenvalue weighted by atomic mass is 9.76. The zero-order valence-electron chi connectivity index (χ0n) is 14.1. The lowest BCUT2D eigenvalue weighted by Gasteiger charge is -2.33. The number of rotatable bonds is 9. The summed E-state index contributed by atoms with van der Waals surface area (Å²) in [5.41, 5.74) is 1.65. The number of hydrogen-bond donors (Lipinski definition) is 1. The fourth-order valence-electron chi connectivity index (χ4n) is 2.66. The highest BCUT2D eigenvalue weighted by Crippen LogP contribution is 2.34. The molecule has 1 aromatic carbocycles. The Morgan fingerprint density at radius 1 is 1.24 bits per heavy atom. The molecule has 0 fully saturated rings. The van der Waals surface area contributed by atoms with Gasteiger partial charge in [-0.1, -0.05) is 43.6 Å². The maximum absolute atomic E-state index is 5.37. The van der Waals surface area contributed by atoms with Crippen molar-refractivity contribution < 1.29 is 4.74 Å². The Kier molecular flexibility index (Phi) is 7.75. The van der Waals surface area contributed by atoms with Gasteiger partial charge in [0.15, 0.2) is 0 Å². The molecule has 1 N–H and O–H groups in total. The smallest absolute Gasteiger partial charge is 0.119 e. The van der Waals surface area contributed by atoms with Gasteiger partial charge in [-0.25, -0.2) is 0 Å². The van der Waals surface area contributed by atoms with Crippen molar-refractivity contribution in [2.24, 2.45) is 11.3 Å². The van der Waals surface area contributed by atoms with Crippen LogP contribution >= 0.6 is 15.9 Å². The van der Waals surface area contributed by atoms with Gasteiger partial charge in [0.25, 0.3) is 0 Å². The van der Waals surface area contributed by atoms with Crippen LogP contribution in [0.1, 0.15) is 46.1 Å². The lowest BCUT2D eigenvalue weighted by molar-refractivity contribution is 0.242. The minimum Gasteiger partial charge on any atom is -0.497 e. The fraction of sp³-hybridized carbons (Fsp3) is 0.667. The third-order valence-corrected chi connectivity index (χ3v) is 5.14. The van der Waals surface area contributed by atoms with Crippen molar-refractivity contribution in [3.8, 4) is 5.75 Å². The molecule has 0 aliphatic heterocycles. The van der Waals surface area contributed by atoms with Crippen LogP contribution in [-0.4, -0.2) is 20.2 Å². The lowest BCUT2D eigenvalue weighted by Crippen LogP contribution is -2.37. The maximum atomic E-state index is 5.37. The SMILES string of the molecule is CCC(CC)(CNCC(C)C)Cc1cc(OC)ccc1Br. The first-order chi connectivity index (χ1) is 9.96. The average molecular weight is 356 g/mol. The van der Waals surface area contributed by atoms with E-state index >= 15 is 0 Å². The van der Waals surface area contributed by atoms with Gasteiger partial charge in [-0.15, -0.1) is 0 Å². The van der Waals surface area contributed by atoms with Crippen LogP contribution in [0.25, 0.3) is 0 Å². The summed E-state index contributed by atoms with van der Waals surface area (Å²) in [6.07, 6.45) is 3.43. The fourth-order valence-corrected chi connectivity index (χ4v) is 3.04. The minimum atomic E-state index is 0.309. The molecule has 0 heterocycles. The van der Waals surface area contributed by atoms with E-state index in [0.29, 0.717) is 11.3 Å². The molecule has 0 amide bonds. The molecule has 0 radical (unpaired) electrons. The topological polar surface area (TPSA) is 21.3 Å². The summed E-state index contributed by atoms with van der Waals surface area (Å²) in [6.45, 7) is 11.3. The van der Waals surface area contributed by atoms with Gasteiger partial charge in [0.05, 0.1) is 7.11 Å². The number of benzene rings is 1. The Hall–Kier alpha value is -0.540. The maximum Gasteiger partial charge on any atom is 0.119 e. The Balaban J connectivity index is 2.86. The van der Waals surface area contributed by atoms with Crippen molar-refractivity contribution in [2.75, 3.05) is 20.2 Å². The largest absolute Gasteiger partial charge is 0.497 e. The molecule has 0 saturated heterocycles. The van der Waals surface area contributed by atoms with E-state index < -0.39 is 0 Å². The van der Waals surface area contributed by atoms with Gasteiger partial charge in [-0.05, 0) is 60.9 Å². The predicted molar refractivity (Wildman–Crippen MR) is 95.1 cm³/mol. The van der Waals surface area contributed by atoms with Crippen LogP contribution in [0, 0.1) is 11.3 Å². The van der Waals surface area contributed by atoms with E-state index in [1.165, 1.54) is 22.9 Å². The van der Waals surface area contributed by atoms with Gasteiger partial charge >= 0.3 is 0 Å². The van der Waals surface area contributed by atoms with E-state index in [-0.39, 0.29) is 0 Å². The normalized spacial score (nSPS) is 12.0. The van der Waals surface area contributed by atoms with Crippen LogP contribution in [0.5, 0.6) is 5.75 Å². The Labute approximate surface area is 138 Å². The molecule has 1 aromatic rings. The molecule has 0 aliphatic carbocycles.